The Morgan fingerprint density at radius 2 is 1.80 bits per heavy atom. The van der Waals surface area contributed by atoms with E-state index < -0.39 is 10.0 Å². The Morgan fingerprint density at radius 1 is 1.07 bits per heavy atom. The molecule has 1 aliphatic heterocycles. The van der Waals surface area contributed by atoms with Crippen molar-refractivity contribution in [1.29, 1.82) is 0 Å². The highest BCUT2D eigenvalue weighted by Gasteiger charge is 2.33. The predicted molar refractivity (Wildman–Crippen MR) is 116 cm³/mol. The van der Waals surface area contributed by atoms with Gasteiger partial charge in [0.2, 0.25) is 10.0 Å². The number of ether oxygens (including phenoxy) is 2. The highest BCUT2D eigenvalue weighted by atomic mass is 32.2. The molecule has 9 heteroatoms. The quantitative estimate of drug-likeness (QED) is 0.636. The summed E-state index contributed by atoms with van der Waals surface area (Å²) in [5.74, 6) is 1.86. The van der Waals surface area contributed by atoms with Crippen LogP contribution in [0.15, 0.2) is 23.1 Å². The Bertz CT molecular complexity index is 962. The molecule has 0 spiro atoms. The summed E-state index contributed by atoms with van der Waals surface area (Å²) in [4.78, 5) is 0.151. The summed E-state index contributed by atoms with van der Waals surface area (Å²) in [7, 11) is -0.659. The number of piperidine rings is 1. The Hall–Kier alpha value is -1.71. The molecule has 0 N–H and O–H groups in total. The highest BCUT2D eigenvalue weighted by Crippen LogP contribution is 2.36. The van der Waals surface area contributed by atoms with Crippen LogP contribution in [0.25, 0.3) is 0 Å². The van der Waals surface area contributed by atoms with Crippen molar-refractivity contribution in [2.45, 2.75) is 55.8 Å². The van der Waals surface area contributed by atoms with E-state index >= 15 is 0 Å². The normalized spacial score (nSPS) is 19.3. The number of rotatable bonds is 7. The van der Waals surface area contributed by atoms with Gasteiger partial charge in [-0.15, -0.1) is 21.5 Å². The van der Waals surface area contributed by atoms with Crippen molar-refractivity contribution in [3.8, 4) is 11.5 Å². The van der Waals surface area contributed by atoms with E-state index in [-0.39, 0.29) is 10.8 Å². The lowest BCUT2D eigenvalue weighted by Gasteiger charge is -2.30. The van der Waals surface area contributed by atoms with Crippen LogP contribution in [-0.4, -0.2) is 50.2 Å². The zero-order valence-electron chi connectivity index (χ0n) is 17.5. The van der Waals surface area contributed by atoms with E-state index in [0.29, 0.717) is 24.6 Å². The number of benzene rings is 1. The maximum Gasteiger partial charge on any atom is 0.246 e. The first-order valence-corrected chi connectivity index (χ1v) is 12.8. The fourth-order valence-electron chi connectivity index (χ4n) is 4.44. The van der Waals surface area contributed by atoms with Crippen molar-refractivity contribution in [3.63, 3.8) is 0 Å². The van der Waals surface area contributed by atoms with E-state index in [1.54, 1.807) is 27.8 Å². The number of aromatic nitrogens is 2. The van der Waals surface area contributed by atoms with Crippen LogP contribution in [-0.2, 0) is 16.4 Å². The highest BCUT2D eigenvalue weighted by molar-refractivity contribution is 7.89. The molecule has 164 valence electrons. The van der Waals surface area contributed by atoms with Crippen LogP contribution < -0.4 is 9.47 Å². The van der Waals surface area contributed by atoms with Gasteiger partial charge in [0.1, 0.15) is 26.4 Å². The maximum atomic E-state index is 13.2. The van der Waals surface area contributed by atoms with Gasteiger partial charge in [-0.05, 0) is 30.9 Å². The SMILES string of the molecule is COc1ccc(OC)c(S(=O)(=O)N2CCC(c3nnc(CC4CCCC4)s3)CC2)c1. The van der Waals surface area contributed by atoms with Gasteiger partial charge in [0, 0.05) is 31.5 Å². The second-order valence-electron chi connectivity index (χ2n) is 8.08. The fourth-order valence-corrected chi connectivity index (χ4v) is 7.21. The van der Waals surface area contributed by atoms with Crippen LogP contribution in [0.4, 0.5) is 0 Å². The Morgan fingerprint density at radius 3 is 2.47 bits per heavy atom. The lowest BCUT2D eigenvalue weighted by Crippen LogP contribution is -2.38. The van der Waals surface area contributed by atoms with Crippen LogP contribution >= 0.6 is 11.3 Å². The molecule has 2 heterocycles. The van der Waals surface area contributed by atoms with Crippen molar-refractivity contribution in [1.82, 2.24) is 14.5 Å². The van der Waals surface area contributed by atoms with Crippen LogP contribution in [0.5, 0.6) is 11.5 Å². The molecule has 7 nitrogen and oxygen atoms in total. The molecule has 0 radical (unpaired) electrons. The van der Waals surface area contributed by atoms with Crippen molar-refractivity contribution < 1.29 is 17.9 Å². The number of nitrogens with zero attached hydrogens (tertiary/aromatic N) is 3. The monoisotopic (exact) mass is 451 g/mol. The third-order valence-corrected chi connectivity index (χ3v) is 9.24. The van der Waals surface area contributed by atoms with Gasteiger partial charge in [0.25, 0.3) is 0 Å². The lowest BCUT2D eigenvalue weighted by molar-refractivity contribution is 0.316. The molecule has 2 aromatic rings. The number of hydrogen-bond donors (Lipinski definition) is 0. The van der Waals surface area contributed by atoms with Gasteiger partial charge in [-0.3, -0.25) is 0 Å². The third-order valence-electron chi connectivity index (χ3n) is 6.21. The van der Waals surface area contributed by atoms with Crippen LogP contribution in [0.2, 0.25) is 0 Å². The molecule has 2 fully saturated rings. The molecule has 4 rings (SSSR count). The van der Waals surface area contributed by atoms with Gasteiger partial charge in [-0.25, -0.2) is 8.42 Å². The average molecular weight is 452 g/mol. The minimum atomic E-state index is -3.66. The standard InChI is InChI=1S/C21H29N3O4S2/c1-27-17-7-8-18(28-2)19(14-17)30(25,26)24-11-9-16(10-12-24)21-23-22-20(29-21)13-15-5-3-4-6-15/h7-8,14-16H,3-6,9-13H2,1-2H3. The molecule has 0 atom stereocenters. The Labute approximate surface area is 182 Å². The van der Waals surface area contributed by atoms with Crippen molar-refractivity contribution in [2.75, 3.05) is 27.3 Å². The second kappa shape index (κ2) is 9.20. The summed E-state index contributed by atoms with van der Waals surface area (Å²) in [6.07, 6.45) is 7.83. The number of methoxy groups -OCH3 is 2. The third kappa shape index (κ3) is 4.48. The zero-order chi connectivity index (χ0) is 21.1. The molecular formula is C21H29N3O4S2. The molecule has 0 bridgehead atoms. The summed E-state index contributed by atoms with van der Waals surface area (Å²) >= 11 is 1.72. The van der Waals surface area contributed by atoms with Gasteiger partial charge in [-0.2, -0.15) is 4.31 Å². The van der Waals surface area contributed by atoms with Gasteiger partial charge >= 0.3 is 0 Å². The molecular weight excluding hydrogens is 422 g/mol. The van der Waals surface area contributed by atoms with Gasteiger partial charge in [0.15, 0.2) is 0 Å². The first kappa shape index (κ1) is 21.5. The largest absolute Gasteiger partial charge is 0.497 e. The van der Waals surface area contributed by atoms with Crippen LogP contribution in [0.3, 0.4) is 0 Å². The molecule has 2 aliphatic rings. The second-order valence-corrected chi connectivity index (χ2v) is 11.1. The van der Waals surface area contributed by atoms with E-state index in [9.17, 15) is 8.42 Å². The van der Waals surface area contributed by atoms with Crippen molar-refractivity contribution in [3.05, 3.63) is 28.2 Å². The summed E-state index contributed by atoms with van der Waals surface area (Å²) in [6, 6.07) is 4.86. The van der Waals surface area contributed by atoms with Crippen LogP contribution in [0.1, 0.15) is 54.5 Å². The molecule has 1 aromatic heterocycles. The zero-order valence-corrected chi connectivity index (χ0v) is 19.2. The van der Waals surface area contributed by atoms with E-state index in [4.69, 9.17) is 9.47 Å². The van der Waals surface area contributed by atoms with E-state index in [1.165, 1.54) is 46.0 Å². The summed E-state index contributed by atoms with van der Waals surface area (Å²) in [5.41, 5.74) is 0. The van der Waals surface area contributed by atoms with Crippen molar-refractivity contribution >= 4 is 21.4 Å². The number of hydrogen-bond acceptors (Lipinski definition) is 7. The average Bonchev–Trinajstić information content (AvgIpc) is 3.46. The van der Waals surface area contributed by atoms with Gasteiger partial charge < -0.3 is 9.47 Å². The summed E-state index contributed by atoms with van der Waals surface area (Å²) < 4.78 is 38.5. The minimum Gasteiger partial charge on any atom is -0.497 e. The molecule has 1 saturated heterocycles. The Balaban J connectivity index is 1.42. The topological polar surface area (TPSA) is 81.6 Å². The van der Waals surface area contributed by atoms with E-state index in [0.717, 1.165) is 35.2 Å². The van der Waals surface area contributed by atoms with Crippen LogP contribution in [0, 0.1) is 5.92 Å². The molecule has 1 aliphatic carbocycles. The predicted octanol–water partition coefficient (Wildman–Crippen LogP) is 3.86. The molecule has 0 amide bonds. The van der Waals surface area contributed by atoms with E-state index in [1.807, 2.05) is 0 Å². The Kier molecular flexibility index (Phi) is 6.60. The fraction of sp³-hybridized carbons (Fsp3) is 0.619. The first-order chi connectivity index (χ1) is 14.5. The smallest absolute Gasteiger partial charge is 0.246 e. The molecule has 0 unspecified atom stereocenters. The minimum absolute atomic E-state index is 0.151. The maximum absolute atomic E-state index is 13.2. The first-order valence-electron chi connectivity index (χ1n) is 10.6. The van der Waals surface area contributed by atoms with Crippen molar-refractivity contribution in [2.24, 2.45) is 5.92 Å². The van der Waals surface area contributed by atoms with Gasteiger partial charge in [0.05, 0.1) is 14.2 Å². The molecule has 1 saturated carbocycles. The molecule has 1 aromatic carbocycles. The number of sulfonamides is 1. The van der Waals surface area contributed by atoms with E-state index in [2.05, 4.69) is 10.2 Å². The summed E-state index contributed by atoms with van der Waals surface area (Å²) in [5, 5.41) is 11.0. The molecule has 30 heavy (non-hydrogen) atoms. The summed E-state index contributed by atoms with van der Waals surface area (Å²) in [6.45, 7) is 0.926. The van der Waals surface area contributed by atoms with Gasteiger partial charge in [-0.1, -0.05) is 25.7 Å². The lowest BCUT2D eigenvalue weighted by atomic mass is 9.99.